The Bertz CT molecular complexity index is 750. The Morgan fingerprint density at radius 3 is 2.63 bits per heavy atom. The quantitative estimate of drug-likeness (QED) is 0.750. The molecule has 3 rings (SSSR count). The van der Waals surface area contributed by atoms with Crippen LogP contribution in [0.3, 0.4) is 0 Å². The number of benzene rings is 2. The number of nitrogens with one attached hydrogen (secondary N) is 1. The van der Waals surface area contributed by atoms with Crippen LogP contribution in [0.5, 0.6) is 0 Å². The average molecular weight is 292 g/mol. The monoisotopic (exact) mass is 291 g/mol. The van der Waals surface area contributed by atoms with Crippen molar-refractivity contribution in [3.63, 3.8) is 0 Å². The maximum absolute atomic E-state index is 6.26. The fourth-order valence-electron chi connectivity index (χ4n) is 2.23. The van der Waals surface area contributed by atoms with Crippen LogP contribution in [-0.4, -0.2) is 9.97 Å². The zero-order valence-corrected chi connectivity index (χ0v) is 11.5. The summed E-state index contributed by atoms with van der Waals surface area (Å²) < 4.78 is 0. The summed E-state index contributed by atoms with van der Waals surface area (Å²) in [6.07, 6.45) is 1.66. The number of H-pyrrole nitrogens is 1. The van der Waals surface area contributed by atoms with Gasteiger partial charge in [-0.2, -0.15) is 0 Å². The van der Waals surface area contributed by atoms with E-state index in [1.807, 2.05) is 24.3 Å². The van der Waals surface area contributed by atoms with Crippen LogP contribution in [0.15, 0.2) is 36.7 Å². The van der Waals surface area contributed by atoms with Crippen molar-refractivity contribution in [2.75, 3.05) is 0 Å². The number of halogens is 2. The van der Waals surface area contributed by atoms with Crippen molar-refractivity contribution >= 4 is 34.2 Å². The zero-order chi connectivity index (χ0) is 13.4. The molecule has 0 unspecified atom stereocenters. The first-order chi connectivity index (χ1) is 9.20. The number of aromatic nitrogens is 2. The number of hydrogen-bond donors (Lipinski definition) is 2. The molecule has 96 valence electrons. The summed E-state index contributed by atoms with van der Waals surface area (Å²) in [5, 5.41) is 1.22. The molecule has 5 heteroatoms. The molecule has 2 aromatic carbocycles. The van der Waals surface area contributed by atoms with Crippen molar-refractivity contribution in [2.24, 2.45) is 5.73 Å². The van der Waals surface area contributed by atoms with Crippen LogP contribution < -0.4 is 5.73 Å². The molecule has 0 bridgehead atoms. The molecule has 0 saturated carbocycles. The topological polar surface area (TPSA) is 54.7 Å². The molecule has 3 nitrogen and oxygen atoms in total. The van der Waals surface area contributed by atoms with Crippen molar-refractivity contribution in [3.8, 4) is 11.1 Å². The lowest BCUT2D eigenvalue weighted by Gasteiger charge is -2.10. The van der Waals surface area contributed by atoms with Gasteiger partial charge in [0.05, 0.1) is 17.4 Å². The van der Waals surface area contributed by atoms with E-state index in [-0.39, 0.29) is 0 Å². The molecule has 0 aliphatic carbocycles. The van der Waals surface area contributed by atoms with Crippen LogP contribution in [0, 0.1) is 0 Å². The number of hydrogen-bond acceptors (Lipinski definition) is 2. The van der Waals surface area contributed by atoms with Crippen LogP contribution >= 0.6 is 23.2 Å². The molecule has 0 atom stereocenters. The summed E-state index contributed by atoms with van der Waals surface area (Å²) >= 11 is 12.2. The van der Waals surface area contributed by atoms with Gasteiger partial charge in [0.25, 0.3) is 0 Å². The third-order valence-corrected chi connectivity index (χ3v) is 3.67. The second-order valence-electron chi connectivity index (χ2n) is 4.22. The first-order valence-corrected chi connectivity index (χ1v) is 6.56. The molecule has 0 radical (unpaired) electrons. The van der Waals surface area contributed by atoms with E-state index in [9.17, 15) is 0 Å². The van der Waals surface area contributed by atoms with E-state index >= 15 is 0 Å². The van der Waals surface area contributed by atoms with Crippen molar-refractivity contribution in [1.29, 1.82) is 0 Å². The van der Waals surface area contributed by atoms with E-state index in [0.29, 0.717) is 16.6 Å². The first kappa shape index (κ1) is 12.5. The van der Waals surface area contributed by atoms with Crippen LogP contribution in [0.2, 0.25) is 10.0 Å². The molecular weight excluding hydrogens is 281 g/mol. The fourth-order valence-corrected chi connectivity index (χ4v) is 2.74. The predicted octanol–water partition coefficient (Wildman–Crippen LogP) is 4.00. The van der Waals surface area contributed by atoms with E-state index < -0.39 is 0 Å². The molecule has 3 N–H and O–H groups in total. The lowest BCUT2D eigenvalue weighted by molar-refractivity contribution is 1.08. The summed E-state index contributed by atoms with van der Waals surface area (Å²) in [5.74, 6) is 0. The highest BCUT2D eigenvalue weighted by Gasteiger charge is 2.12. The lowest BCUT2D eigenvalue weighted by Crippen LogP contribution is -2.00. The average Bonchev–Trinajstić information content (AvgIpc) is 2.86. The molecular formula is C14H11Cl2N3. The molecule has 0 saturated heterocycles. The van der Waals surface area contributed by atoms with E-state index in [1.54, 1.807) is 12.4 Å². The number of fused-ring (bicyclic) bond motifs is 1. The summed E-state index contributed by atoms with van der Waals surface area (Å²) in [6.45, 7) is 0.399. The van der Waals surface area contributed by atoms with Gasteiger partial charge < -0.3 is 10.7 Å². The lowest BCUT2D eigenvalue weighted by atomic mass is 9.98. The second-order valence-corrected chi connectivity index (χ2v) is 5.06. The highest BCUT2D eigenvalue weighted by molar-refractivity contribution is 6.36. The summed E-state index contributed by atoms with van der Waals surface area (Å²) in [6, 6.07) is 9.42. The number of nitrogens with zero attached hydrogens (tertiary/aromatic N) is 1. The Hall–Kier alpha value is -1.55. The normalized spacial score (nSPS) is 11.1. The minimum Gasteiger partial charge on any atom is -0.345 e. The van der Waals surface area contributed by atoms with Crippen molar-refractivity contribution in [3.05, 3.63) is 52.3 Å². The molecule has 0 amide bonds. The van der Waals surface area contributed by atoms with Gasteiger partial charge in [0.1, 0.15) is 0 Å². The molecule has 0 aliphatic heterocycles. The highest BCUT2D eigenvalue weighted by atomic mass is 35.5. The van der Waals surface area contributed by atoms with Gasteiger partial charge in [-0.15, -0.1) is 0 Å². The van der Waals surface area contributed by atoms with Crippen molar-refractivity contribution in [2.45, 2.75) is 6.54 Å². The minimum atomic E-state index is 0.399. The van der Waals surface area contributed by atoms with Gasteiger partial charge in [-0.05, 0) is 23.8 Å². The highest BCUT2D eigenvalue weighted by Crippen LogP contribution is 2.34. The van der Waals surface area contributed by atoms with Crippen molar-refractivity contribution < 1.29 is 0 Å². The van der Waals surface area contributed by atoms with Gasteiger partial charge in [0.15, 0.2) is 0 Å². The van der Waals surface area contributed by atoms with Crippen molar-refractivity contribution in [1.82, 2.24) is 9.97 Å². The Balaban J connectivity index is 2.29. The van der Waals surface area contributed by atoms with Crippen LogP contribution in [0.1, 0.15) is 5.56 Å². The summed E-state index contributed by atoms with van der Waals surface area (Å²) in [7, 11) is 0. The Kier molecular flexibility index (Phi) is 3.19. The van der Waals surface area contributed by atoms with Gasteiger partial charge in [-0.25, -0.2) is 4.98 Å². The van der Waals surface area contributed by atoms with Gasteiger partial charge in [0, 0.05) is 27.7 Å². The largest absolute Gasteiger partial charge is 0.345 e. The summed E-state index contributed by atoms with van der Waals surface area (Å²) in [4.78, 5) is 7.39. The zero-order valence-electron chi connectivity index (χ0n) is 9.95. The molecule has 0 aliphatic rings. The molecule has 1 aromatic heterocycles. The van der Waals surface area contributed by atoms with E-state index in [1.165, 1.54) is 0 Å². The number of rotatable bonds is 2. The molecule has 1 heterocycles. The maximum Gasteiger partial charge on any atom is 0.0933 e. The Morgan fingerprint density at radius 1 is 1.11 bits per heavy atom. The number of imidazole rings is 1. The smallest absolute Gasteiger partial charge is 0.0933 e. The second kappa shape index (κ2) is 4.85. The number of nitrogens with two attached hydrogens (primary N) is 1. The van der Waals surface area contributed by atoms with Gasteiger partial charge in [-0.3, -0.25) is 0 Å². The Morgan fingerprint density at radius 2 is 1.89 bits per heavy atom. The van der Waals surface area contributed by atoms with E-state index in [2.05, 4.69) is 9.97 Å². The molecule has 0 fully saturated rings. The van der Waals surface area contributed by atoms with Crippen LogP contribution in [-0.2, 0) is 6.54 Å². The van der Waals surface area contributed by atoms with E-state index in [0.717, 1.165) is 27.7 Å². The van der Waals surface area contributed by atoms with Gasteiger partial charge in [-0.1, -0.05) is 35.3 Å². The standard InChI is InChI=1S/C14H11Cl2N3/c15-8-1-2-10(12(16)5-8)9-3-4-13-14(11(9)6-17)19-7-18-13/h1-5,7H,6,17H2,(H,18,19). The maximum atomic E-state index is 6.26. The van der Waals surface area contributed by atoms with Gasteiger partial charge >= 0.3 is 0 Å². The van der Waals surface area contributed by atoms with Gasteiger partial charge in [0.2, 0.25) is 0 Å². The van der Waals surface area contributed by atoms with Crippen LogP contribution in [0.25, 0.3) is 22.2 Å². The number of aromatic amines is 1. The molecule has 19 heavy (non-hydrogen) atoms. The minimum absolute atomic E-state index is 0.399. The third kappa shape index (κ3) is 2.10. The first-order valence-electron chi connectivity index (χ1n) is 5.81. The fraction of sp³-hybridized carbons (Fsp3) is 0.0714. The summed E-state index contributed by atoms with van der Waals surface area (Å²) in [5.41, 5.74) is 10.6. The van der Waals surface area contributed by atoms with E-state index in [4.69, 9.17) is 28.9 Å². The molecule has 3 aromatic rings. The SMILES string of the molecule is NCc1c(-c2ccc(Cl)cc2Cl)ccc2[nH]cnc12. The predicted molar refractivity (Wildman–Crippen MR) is 79.4 cm³/mol. The third-order valence-electron chi connectivity index (χ3n) is 3.12. The Labute approximate surface area is 120 Å². The molecule has 0 spiro atoms. The van der Waals surface area contributed by atoms with Crippen LogP contribution in [0.4, 0.5) is 0 Å².